The second-order valence-electron chi connectivity index (χ2n) is 17.1. The highest BCUT2D eigenvalue weighted by atomic mass is 28.4. The van der Waals surface area contributed by atoms with Gasteiger partial charge >= 0.3 is 18.2 Å². The number of esters is 1. The number of hydrogen-bond donors (Lipinski definition) is 3. The normalized spacial score (nSPS) is 14.1. The Bertz CT molecular complexity index is 1700. The second-order valence-corrected chi connectivity index (χ2v) is 21.9. The van der Waals surface area contributed by atoms with Gasteiger partial charge in [0.25, 0.3) is 6.02 Å². The summed E-state index contributed by atoms with van der Waals surface area (Å²) in [6, 6.07) is 18.3. The van der Waals surface area contributed by atoms with Gasteiger partial charge < -0.3 is 28.7 Å². The minimum atomic E-state index is -1.95. The maximum atomic E-state index is 14.0. The molecule has 338 valence electrons. The first-order valence-corrected chi connectivity index (χ1v) is 25.1. The molecule has 1 aliphatic rings. The van der Waals surface area contributed by atoms with Crippen molar-refractivity contribution in [2.75, 3.05) is 26.9 Å². The average molecular weight is 864 g/mol. The SMILES string of the molecule is CCCCCCCCCCCC1N=C(OC)NC(CCCO[Si](C)(C)C(C)(C)C)=C1C(=O)OCCCCN(C(=N)NC(=O)OCc1ccccc1)C(=O)OCc1ccccc1. The van der Waals surface area contributed by atoms with Crippen LogP contribution in [-0.2, 0) is 41.4 Å². The number of carbonyl (C=O) groups is 3. The summed E-state index contributed by atoms with van der Waals surface area (Å²) in [6.45, 7) is 14.0. The van der Waals surface area contributed by atoms with Crippen LogP contribution in [0.4, 0.5) is 9.59 Å². The smallest absolute Gasteiger partial charge is 0.416 e. The summed E-state index contributed by atoms with van der Waals surface area (Å²) in [4.78, 5) is 45.7. The van der Waals surface area contributed by atoms with Gasteiger partial charge in [0.1, 0.15) is 13.2 Å². The maximum Gasteiger partial charge on any atom is 0.416 e. The second kappa shape index (κ2) is 27.3. The van der Waals surface area contributed by atoms with Crippen molar-refractivity contribution < 1.29 is 37.8 Å². The number of unbranched alkanes of at least 4 members (excludes halogenated alkanes) is 9. The van der Waals surface area contributed by atoms with Gasteiger partial charge in [-0.3, -0.25) is 10.7 Å². The summed E-state index contributed by atoms with van der Waals surface area (Å²) >= 11 is 0. The van der Waals surface area contributed by atoms with Crippen LogP contribution in [0, 0.1) is 5.41 Å². The number of methoxy groups -OCH3 is 1. The lowest BCUT2D eigenvalue weighted by Crippen LogP contribution is -2.47. The van der Waals surface area contributed by atoms with Gasteiger partial charge in [-0.25, -0.2) is 24.3 Å². The molecule has 1 unspecified atom stereocenters. The molecule has 0 fully saturated rings. The number of rotatable bonds is 25. The van der Waals surface area contributed by atoms with E-state index >= 15 is 0 Å². The molecule has 2 amide bonds. The molecule has 3 N–H and O–H groups in total. The molecule has 1 aliphatic heterocycles. The van der Waals surface area contributed by atoms with E-state index in [0.717, 1.165) is 41.0 Å². The summed E-state index contributed by atoms with van der Waals surface area (Å²) in [5.74, 6) is -0.929. The fourth-order valence-electron chi connectivity index (χ4n) is 6.48. The number of hydrogen-bond acceptors (Lipinski definition) is 11. The summed E-state index contributed by atoms with van der Waals surface area (Å²) in [5, 5.41) is 14.3. The molecule has 2 aromatic carbocycles. The molecule has 3 rings (SSSR count). The van der Waals surface area contributed by atoms with Gasteiger partial charge in [-0.2, -0.15) is 0 Å². The molecule has 0 bridgehead atoms. The van der Waals surface area contributed by atoms with E-state index in [1.165, 1.54) is 38.5 Å². The van der Waals surface area contributed by atoms with Gasteiger partial charge in [-0.15, -0.1) is 0 Å². The lowest BCUT2D eigenvalue weighted by Gasteiger charge is -2.36. The zero-order valence-electron chi connectivity index (χ0n) is 37.9. The van der Waals surface area contributed by atoms with Crippen molar-refractivity contribution in [3.8, 4) is 0 Å². The van der Waals surface area contributed by atoms with Crippen LogP contribution in [0.5, 0.6) is 0 Å². The number of benzene rings is 2. The van der Waals surface area contributed by atoms with E-state index in [1.807, 2.05) is 60.7 Å². The predicted molar refractivity (Wildman–Crippen MR) is 244 cm³/mol. The number of aliphatic imine (C=N–C) groups is 1. The molecule has 0 saturated carbocycles. The fraction of sp³-hybridized carbons (Fsp3) is 0.596. The van der Waals surface area contributed by atoms with Crippen LogP contribution in [0.3, 0.4) is 0 Å². The number of guanidine groups is 1. The zero-order valence-corrected chi connectivity index (χ0v) is 38.9. The van der Waals surface area contributed by atoms with Crippen LogP contribution in [0.2, 0.25) is 18.1 Å². The van der Waals surface area contributed by atoms with E-state index in [-0.39, 0.29) is 31.4 Å². The van der Waals surface area contributed by atoms with Gasteiger partial charge in [0.05, 0.1) is 25.3 Å². The lowest BCUT2D eigenvalue weighted by atomic mass is 9.95. The van der Waals surface area contributed by atoms with Crippen molar-refractivity contribution >= 4 is 38.5 Å². The number of alkyl carbamates (subject to hydrolysis) is 1. The molecule has 61 heavy (non-hydrogen) atoms. The number of nitrogens with one attached hydrogen (secondary N) is 3. The quantitative estimate of drug-likeness (QED) is 0.0220. The fourth-order valence-corrected chi connectivity index (χ4v) is 7.56. The topological polar surface area (TPSA) is 161 Å². The Morgan fingerprint density at radius 1 is 0.787 bits per heavy atom. The van der Waals surface area contributed by atoms with Crippen molar-refractivity contribution in [1.29, 1.82) is 5.41 Å². The Kier molecular flexibility index (Phi) is 22.7. The standard InChI is InChI=1S/C47H73N5O8Si/c1-8-9-10-11-12-13-14-15-22-30-39-41(40(50-44(49-39)56-5)31-25-34-60-61(6,7)47(2,3)4)42(53)57-33-24-23-32-52(46(55)59-36-38-28-20-17-21-29-38)43(48)51-45(54)58-35-37-26-18-16-19-27-37/h16-21,26-29,39H,8-15,22-25,30-36H2,1-7H3,(H,49,50)(H2,48,51,54). The van der Waals surface area contributed by atoms with Crippen molar-refractivity contribution in [2.24, 2.45) is 4.99 Å². The van der Waals surface area contributed by atoms with E-state index < -0.39 is 38.5 Å². The Morgan fingerprint density at radius 3 is 1.97 bits per heavy atom. The molecule has 1 atom stereocenters. The van der Waals surface area contributed by atoms with Crippen LogP contribution < -0.4 is 10.6 Å². The third kappa shape index (κ3) is 18.9. The Labute approximate surface area is 366 Å². The van der Waals surface area contributed by atoms with Gasteiger partial charge in [0.15, 0.2) is 8.32 Å². The van der Waals surface area contributed by atoms with Crippen LogP contribution >= 0.6 is 0 Å². The number of amides is 2. The average Bonchev–Trinajstić information content (AvgIpc) is 3.24. The minimum Gasteiger partial charge on any atom is -0.468 e. The van der Waals surface area contributed by atoms with E-state index in [2.05, 4.69) is 51.4 Å². The molecule has 2 aromatic rings. The van der Waals surface area contributed by atoms with Gasteiger partial charge in [-0.1, -0.05) is 146 Å². The monoisotopic (exact) mass is 864 g/mol. The first-order valence-electron chi connectivity index (χ1n) is 22.2. The third-order valence-corrected chi connectivity index (χ3v) is 15.7. The molecule has 14 heteroatoms. The van der Waals surface area contributed by atoms with Crippen molar-refractivity contribution in [3.05, 3.63) is 83.1 Å². The Morgan fingerprint density at radius 2 is 1.38 bits per heavy atom. The highest BCUT2D eigenvalue weighted by molar-refractivity contribution is 6.74. The molecule has 0 saturated heterocycles. The van der Waals surface area contributed by atoms with Crippen LogP contribution in [-0.4, -0.2) is 76.3 Å². The summed E-state index contributed by atoms with van der Waals surface area (Å²) in [6.07, 6.45) is 11.7. The Hall–Kier alpha value is -4.69. The summed E-state index contributed by atoms with van der Waals surface area (Å²) in [7, 11) is -0.370. The van der Waals surface area contributed by atoms with E-state index in [0.29, 0.717) is 50.3 Å². The van der Waals surface area contributed by atoms with Crippen molar-refractivity contribution in [2.45, 2.75) is 155 Å². The molecule has 0 aliphatic carbocycles. The number of ether oxygens (including phenoxy) is 4. The Balaban J connectivity index is 1.65. The van der Waals surface area contributed by atoms with Crippen LogP contribution in [0.15, 0.2) is 76.9 Å². The molecule has 0 radical (unpaired) electrons. The van der Waals surface area contributed by atoms with E-state index in [9.17, 15) is 14.4 Å². The van der Waals surface area contributed by atoms with Crippen molar-refractivity contribution in [3.63, 3.8) is 0 Å². The summed E-state index contributed by atoms with van der Waals surface area (Å²) < 4.78 is 28.7. The van der Waals surface area contributed by atoms with Gasteiger partial charge in [0, 0.05) is 18.8 Å². The van der Waals surface area contributed by atoms with Crippen LogP contribution in [0.25, 0.3) is 0 Å². The summed E-state index contributed by atoms with van der Waals surface area (Å²) in [5.41, 5.74) is 2.80. The maximum absolute atomic E-state index is 14.0. The van der Waals surface area contributed by atoms with E-state index in [1.54, 1.807) is 7.11 Å². The molecule has 0 spiro atoms. The molecule has 0 aromatic heterocycles. The molecule has 1 heterocycles. The predicted octanol–water partition coefficient (Wildman–Crippen LogP) is 10.8. The first kappa shape index (κ1) is 50.7. The number of carbonyl (C=O) groups excluding carboxylic acids is 3. The first-order chi connectivity index (χ1) is 29.3. The van der Waals surface area contributed by atoms with Crippen LogP contribution in [0.1, 0.15) is 129 Å². The van der Waals surface area contributed by atoms with E-state index in [4.69, 9.17) is 33.8 Å². The molecule has 13 nitrogen and oxygen atoms in total. The zero-order chi connectivity index (χ0) is 44.5. The molecular weight excluding hydrogens is 791 g/mol. The highest BCUT2D eigenvalue weighted by Gasteiger charge is 2.37. The lowest BCUT2D eigenvalue weighted by molar-refractivity contribution is -0.139. The highest BCUT2D eigenvalue weighted by Crippen LogP contribution is 2.37. The van der Waals surface area contributed by atoms with Gasteiger partial charge in [0.2, 0.25) is 5.96 Å². The van der Waals surface area contributed by atoms with Crippen molar-refractivity contribution in [1.82, 2.24) is 15.5 Å². The van der Waals surface area contributed by atoms with Gasteiger partial charge in [-0.05, 0) is 61.4 Å². The third-order valence-electron chi connectivity index (χ3n) is 11.2. The number of amidine groups is 1. The molecular formula is C47H73N5O8Si. The number of nitrogens with zero attached hydrogens (tertiary/aromatic N) is 2. The number of allylic oxidation sites excluding steroid dienone is 1. The minimum absolute atomic E-state index is 0.000292. The largest absolute Gasteiger partial charge is 0.468 e.